The molecule has 4 rings (SSSR count). The summed E-state index contributed by atoms with van der Waals surface area (Å²) in [6.07, 6.45) is 5.55. The molecule has 1 aliphatic heterocycles. The Morgan fingerprint density at radius 2 is 1.67 bits per heavy atom. The van der Waals surface area contributed by atoms with Crippen molar-refractivity contribution in [3.63, 3.8) is 0 Å². The molecule has 154 valence electrons. The van der Waals surface area contributed by atoms with Gasteiger partial charge in [0.2, 0.25) is 5.91 Å². The number of anilines is 2. The van der Waals surface area contributed by atoms with Crippen LogP contribution in [0.1, 0.15) is 24.5 Å². The first-order chi connectivity index (χ1) is 14.6. The molecule has 1 amide bonds. The summed E-state index contributed by atoms with van der Waals surface area (Å²) in [6.45, 7) is 2.01. The third kappa shape index (κ3) is 4.99. The van der Waals surface area contributed by atoms with Gasteiger partial charge in [-0.1, -0.05) is 6.07 Å². The topological polar surface area (TPSA) is 84.1 Å². The van der Waals surface area contributed by atoms with Crippen molar-refractivity contribution in [3.05, 3.63) is 72.4 Å². The SMILES string of the molecule is Nc1ccc(-c2ccc(C3CCN(CC(=O)Nc4ccc(F)cc4)CC3)nc2)cn1. The largest absolute Gasteiger partial charge is 0.384 e. The van der Waals surface area contributed by atoms with E-state index in [-0.39, 0.29) is 11.7 Å². The molecule has 7 heteroatoms. The molecular formula is C23H24FN5O. The zero-order valence-electron chi connectivity index (χ0n) is 16.6. The average molecular weight is 405 g/mol. The predicted octanol–water partition coefficient (Wildman–Crippen LogP) is 3.68. The van der Waals surface area contributed by atoms with Crippen LogP contribution in [0.25, 0.3) is 11.1 Å². The van der Waals surface area contributed by atoms with Crippen molar-refractivity contribution in [2.24, 2.45) is 0 Å². The molecule has 0 radical (unpaired) electrons. The minimum Gasteiger partial charge on any atom is -0.384 e. The van der Waals surface area contributed by atoms with E-state index in [9.17, 15) is 9.18 Å². The predicted molar refractivity (Wildman–Crippen MR) is 115 cm³/mol. The Hall–Kier alpha value is -3.32. The first kappa shape index (κ1) is 20.0. The van der Waals surface area contributed by atoms with Crippen LogP contribution in [-0.4, -0.2) is 40.4 Å². The van der Waals surface area contributed by atoms with Gasteiger partial charge in [0.1, 0.15) is 11.6 Å². The van der Waals surface area contributed by atoms with Gasteiger partial charge in [0.15, 0.2) is 0 Å². The molecule has 1 aliphatic rings. The summed E-state index contributed by atoms with van der Waals surface area (Å²) in [5.74, 6) is 0.489. The maximum atomic E-state index is 13.0. The van der Waals surface area contributed by atoms with Gasteiger partial charge in [-0.15, -0.1) is 0 Å². The van der Waals surface area contributed by atoms with E-state index in [1.807, 2.05) is 12.3 Å². The third-order valence-corrected chi connectivity index (χ3v) is 5.41. The van der Waals surface area contributed by atoms with Crippen molar-refractivity contribution in [1.29, 1.82) is 0 Å². The molecular weight excluding hydrogens is 381 g/mol. The van der Waals surface area contributed by atoms with E-state index in [1.165, 1.54) is 12.1 Å². The van der Waals surface area contributed by atoms with Crippen molar-refractivity contribution in [3.8, 4) is 11.1 Å². The molecule has 3 heterocycles. The number of amides is 1. The number of likely N-dealkylation sites (tertiary alicyclic amines) is 1. The van der Waals surface area contributed by atoms with Crippen LogP contribution in [0.3, 0.4) is 0 Å². The molecule has 1 fully saturated rings. The Morgan fingerprint density at radius 1 is 1.00 bits per heavy atom. The van der Waals surface area contributed by atoms with Gasteiger partial charge in [0, 0.05) is 40.8 Å². The molecule has 6 nitrogen and oxygen atoms in total. The number of benzene rings is 1. The van der Waals surface area contributed by atoms with E-state index in [2.05, 4.69) is 32.3 Å². The number of piperidine rings is 1. The van der Waals surface area contributed by atoms with Gasteiger partial charge in [-0.25, -0.2) is 9.37 Å². The van der Waals surface area contributed by atoms with E-state index < -0.39 is 0 Å². The maximum Gasteiger partial charge on any atom is 0.238 e. The quantitative estimate of drug-likeness (QED) is 0.676. The molecule has 3 aromatic rings. The Balaban J connectivity index is 1.28. The number of rotatable bonds is 5. The summed E-state index contributed by atoms with van der Waals surface area (Å²) in [6, 6.07) is 13.7. The van der Waals surface area contributed by atoms with Crippen molar-refractivity contribution in [2.45, 2.75) is 18.8 Å². The average Bonchev–Trinajstić information content (AvgIpc) is 2.77. The zero-order valence-corrected chi connectivity index (χ0v) is 16.6. The molecule has 0 unspecified atom stereocenters. The molecule has 1 saturated heterocycles. The van der Waals surface area contributed by atoms with Crippen LogP contribution in [0.15, 0.2) is 60.9 Å². The molecule has 0 atom stereocenters. The molecule has 30 heavy (non-hydrogen) atoms. The van der Waals surface area contributed by atoms with Crippen LogP contribution in [-0.2, 0) is 4.79 Å². The lowest BCUT2D eigenvalue weighted by molar-refractivity contribution is -0.117. The minimum atomic E-state index is -0.318. The molecule has 0 bridgehead atoms. The van der Waals surface area contributed by atoms with E-state index in [0.29, 0.717) is 24.0 Å². The van der Waals surface area contributed by atoms with Crippen molar-refractivity contribution >= 4 is 17.4 Å². The fourth-order valence-corrected chi connectivity index (χ4v) is 3.72. The van der Waals surface area contributed by atoms with Crippen LogP contribution in [0.5, 0.6) is 0 Å². The number of pyridine rings is 2. The lowest BCUT2D eigenvalue weighted by Crippen LogP contribution is -2.38. The summed E-state index contributed by atoms with van der Waals surface area (Å²) in [4.78, 5) is 23.2. The molecule has 0 aliphatic carbocycles. The molecule has 0 saturated carbocycles. The first-order valence-corrected chi connectivity index (χ1v) is 10.0. The number of nitrogens with two attached hydrogens (primary N) is 1. The molecule has 3 N–H and O–H groups in total. The highest BCUT2D eigenvalue weighted by Crippen LogP contribution is 2.28. The number of carbonyl (C=O) groups is 1. The monoisotopic (exact) mass is 405 g/mol. The zero-order chi connectivity index (χ0) is 20.9. The normalized spacial score (nSPS) is 15.1. The first-order valence-electron chi connectivity index (χ1n) is 10.0. The van der Waals surface area contributed by atoms with Gasteiger partial charge in [0.05, 0.1) is 6.54 Å². The lowest BCUT2D eigenvalue weighted by atomic mass is 9.92. The number of nitrogens with one attached hydrogen (secondary N) is 1. The molecule has 0 spiro atoms. The summed E-state index contributed by atoms with van der Waals surface area (Å²) in [7, 11) is 0. The Bertz CT molecular complexity index is 982. The van der Waals surface area contributed by atoms with Gasteiger partial charge in [0.25, 0.3) is 0 Å². The number of aromatic nitrogens is 2. The van der Waals surface area contributed by atoms with Gasteiger partial charge in [-0.3, -0.25) is 14.7 Å². The van der Waals surface area contributed by atoms with Gasteiger partial charge >= 0.3 is 0 Å². The van der Waals surface area contributed by atoms with E-state index >= 15 is 0 Å². The fraction of sp³-hybridized carbons (Fsp3) is 0.261. The second-order valence-corrected chi connectivity index (χ2v) is 7.55. The highest BCUT2D eigenvalue weighted by atomic mass is 19.1. The summed E-state index contributed by atoms with van der Waals surface area (Å²) in [5, 5.41) is 2.81. The standard InChI is InChI=1S/C23H24FN5O/c24-19-3-5-20(6-4-19)28-23(30)15-29-11-9-16(10-12-29)21-7-1-17(13-26-21)18-2-8-22(25)27-14-18/h1-8,13-14,16H,9-12,15H2,(H2,25,27)(H,28,30). The Kier molecular flexibility index (Phi) is 5.99. The highest BCUT2D eigenvalue weighted by Gasteiger charge is 2.23. The van der Waals surface area contributed by atoms with Gasteiger partial charge in [-0.2, -0.15) is 0 Å². The molecule has 1 aromatic carbocycles. The number of halogens is 1. The number of nitrogen functional groups attached to an aromatic ring is 1. The van der Waals surface area contributed by atoms with E-state index in [4.69, 9.17) is 5.73 Å². The fourth-order valence-electron chi connectivity index (χ4n) is 3.72. The summed E-state index contributed by atoms with van der Waals surface area (Å²) >= 11 is 0. The van der Waals surface area contributed by atoms with Crippen LogP contribution >= 0.6 is 0 Å². The van der Waals surface area contributed by atoms with Crippen molar-refractivity contribution < 1.29 is 9.18 Å². The number of carbonyl (C=O) groups excluding carboxylic acids is 1. The van der Waals surface area contributed by atoms with Crippen molar-refractivity contribution in [1.82, 2.24) is 14.9 Å². The van der Waals surface area contributed by atoms with Crippen molar-refractivity contribution in [2.75, 3.05) is 30.7 Å². The Labute approximate surface area is 175 Å². The number of hydrogen-bond donors (Lipinski definition) is 2. The van der Waals surface area contributed by atoms with Crippen LogP contribution in [0.2, 0.25) is 0 Å². The summed E-state index contributed by atoms with van der Waals surface area (Å²) < 4.78 is 13.0. The molecule has 2 aromatic heterocycles. The van der Waals surface area contributed by atoms with E-state index in [0.717, 1.165) is 42.8 Å². The van der Waals surface area contributed by atoms with E-state index in [1.54, 1.807) is 24.4 Å². The highest BCUT2D eigenvalue weighted by molar-refractivity contribution is 5.92. The van der Waals surface area contributed by atoms with Crippen LogP contribution in [0.4, 0.5) is 15.9 Å². The second kappa shape index (κ2) is 9.00. The third-order valence-electron chi connectivity index (χ3n) is 5.41. The van der Waals surface area contributed by atoms with Gasteiger partial charge < -0.3 is 11.1 Å². The maximum absolute atomic E-state index is 13.0. The minimum absolute atomic E-state index is 0.0837. The second-order valence-electron chi connectivity index (χ2n) is 7.55. The lowest BCUT2D eigenvalue weighted by Gasteiger charge is -2.31. The van der Waals surface area contributed by atoms with Crippen LogP contribution < -0.4 is 11.1 Å². The summed E-state index contributed by atoms with van der Waals surface area (Å²) in [5.41, 5.74) is 9.34. The smallest absolute Gasteiger partial charge is 0.238 e. The Morgan fingerprint density at radius 3 is 2.27 bits per heavy atom. The van der Waals surface area contributed by atoms with Gasteiger partial charge in [-0.05, 0) is 68.4 Å². The number of hydrogen-bond acceptors (Lipinski definition) is 5. The number of nitrogens with zero attached hydrogens (tertiary/aromatic N) is 3. The van der Waals surface area contributed by atoms with Crippen LogP contribution in [0, 0.1) is 5.82 Å².